The van der Waals surface area contributed by atoms with E-state index in [1.165, 1.54) is 24.3 Å². The molecule has 1 atom stereocenters. The van der Waals surface area contributed by atoms with Crippen LogP contribution in [0.15, 0.2) is 48.5 Å². The summed E-state index contributed by atoms with van der Waals surface area (Å²) in [6, 6.07) is 12.0. The molecule has 2 aromatic carbocycles. The van der Waals surface area contributed by atoms with Gasteiger partial charge in [-0.1, -0.05) is 6.07 Å². The molecular weight excluding hydrogens is 324 g/mol. The van der Waals surface area contributed by atoms with Gasteiger partial charge in [0.2, 0.25) is 5.91 Å². The van der Waals surface area contributed by atoms with E-state index in [9.17, 15) is 13.6 Å². The van der Waals surface area contributed by atoms with Gasteiger partial charge in [0, 0.05) is 37.6 Å². The van der Waals surface area contributed by atoms with Gasteiger partial charge in [-0.15, -0.1) is 0 Å². The van der Waals surface area contributed by atoms with Crippen molar-refractivity contribution in [2.75, 3.05) is 36.4 Å². The quantitative estimate of drug-likeness (QED) is 0.925. The van der Waals surface area contributed by atoms with Crippen LogP contribution in [0.2, 0.25) is 0 Å². The average Bonchev–Trinajstić information content (AvgIpc) is 2.62. The molecule has 6 heteroatoms. The summed E-state index contributed by atoms with van der Waals surface area (Å²) in [7, 11) is 0. The number of amides is 1. The SMILES string of the molecule is C[C@H](C(=O)Nc1cccc(F)c1)N1CCN(c2ccc(F)cc2)CC1. The first-order chi connectivity index (χ1) is 12.0. The molecule has 1 N–H and O–H groups in total. The van der Waals surface area contributed by atoms with Crippen LogP contribution in [-0.4, -0.2) is 43.0 Å². The van der Waals surface area contributed by atoms with Crippen LogP contribution in [0.4, 0.5) is 20.2 Å². The maximum atomic E-state index is 13.2. The number of nitrogens with zero attached hydrogens (tertiary/aromatic N) is 2. The highest BCUT2D eigenvalue weighted by atomic mass is 19.1. The highest BCUT2D eigenvalue weighted by Gasteiger charge is 2.25. The minimum absolute atomic E-state index is 0.152. The van der Waals surface area contributed by atoms with Crippen molar-refractivity contribution in [3.63, 3.8) is 0 Å². The molecule has 25 heavy (non-hydrogen) atoms. The van der Waals surface area contributed by atoms with Crippen molar-refractivity contribution in [2.45, 2.75) is 13.0 Å². The third kappa shape index (κ3) is 4.33. The van der Waals surface area contributed by atoms with Gasteiger partial charge >= 0.3 is 0 Å². The predicted molar refractivity (Wildman–Crippen MR) is 94.7 cm³/mol. The van der Waals surface area contributed by atoms with Crippen molar-refractivity contribution in [1.29, 1.82) is 0 Å². The van der Waals surface area contributed by atoms with E-state index in [-0.39, 0.29) is 23.6 Å². The molecule has 0 bridgehead atoms. The minimum atomic E-state index is -0.377. The van der Waals surface area contributed by atoms with Gasteiger partial charge in [-0.25, -0.2) is 8.78 Å². The zero-order valence-electron chi connectivity index (χ0n) is 14.1. The molecule has 1 aliphatic rings. The Morgan fingerprint density at radius 2 is 1.68 bits per heavy atom. The van der Waals surface area contributed by atoms with E-state index in [1.54, 1.807) is 24.3 Å². The van der Waals surface area contributed by atoms with Gasteiger partial charge in [-0.05, 0) is 49.4 Å². The van der Waals surface area contributed by atoms with Gasteiger partial charge in [0.1, 0.15) is 11.6 Å². The number of carbonyl (C=O) groups is 1. The molecule has 1 fully saturated rings. The first-order valence-electron chi connectivity index (χ1n) is 8.34. The molecule has 132 valence electrons. The summed E-state index contributed by atoms with van der Waals surface area (Å²) in [5.41, 5.74) is 1.44. The molecule has 0 radical (unpaired) electrons. The lowest BCUT2D eigenvalue weighted by atomic mass is 10.2. The molecule has 1 heterocycles. The Hall–Kier alpha value is -2.47. The van der Waals surface area contributed by atoms with Gasteiger partial charge in [-0.2, -0.15) is 0 Å². The summed E-state index contributed by atoms with van der Waals surface area (Å²) >= 11 is 0. The maximum Gasteiger partial charge on any atom is 0.241 e. The minimum Gasteiger partial charge on any atom is -0.369 e. The molecule has 1 saturated heterocycles. The lowest BCUT2D eigenvalue weighted by Gasteiger charge is -2.38. The Balaban J connectivity index is 1.54. The van der Waals surface area contributed by atoms with Crippen molar-refractivity contribution in [3.8, 4) is 0 Å². The molecule has 0 unspecified atom stereocenters. The summed E-state index contributed by atoms with van der Waals surface area (Å²) in [6.07, 6.45) is 0. The van der Waals surface area contributed by atoms with Gasteiger partial charge < -0.3 is 10.2 Å². The maximum absolute atomic E-state index is 13.2. The van der Waals surface area contributed by atoms with Gasteiger partial charge in [0.05, 0.1) is 6.04 Å². The average molecular weight is 345 g/mol. The molecule has 4 nitrogen and oxygen atoms in total. The molecule has 3 rings (SSSR count). The van der Waals surface area contributed by atoms with E-state index in [2.05, 4.69) is 15.1 Å². The van der Waals surface area contributed by atoms with E-state index in [0.29, 0.717) is 5.69 Å². The Labute approximate surface area is 146 Å². The molecule has 0 aliphatic carbocycles. The third-order valence-electron chi connectivity index (χ3n) is 4.53. The number of nitrogens with one attached hydrogen (secondary N) is 1. The van der Waals surface area contributed by atoms with Crippen LogP contribution in [-0.2, 0) is 4.79 Å². The number of piperazine rings is 1. The summed E-state index contributed by atoms with van der Waals surface area (Å²) in [5.74, 6) is -0.774. The fourth-order valence-corrected chi connectivity index (χ4v) is 3.00. The number of hydrogen-bond donors (Lipinski definition) is 1. The largest absolute Gasteiger partial charge is 0.369 e. The number of halogens is 2. The highest BCUT2D eigenvalue weighted by Crippen LogP contribution is 2.18. The van der Waals surface area contributed by atoms with Crippen molar-refractivity contribution < 1.29 is 13.6 Å². The number of hydrogen-bond acceptors (Lipinski definition) is 3. The standard InChI is InChI=1S/C19H21F2N3O/c1-14(19(25)22-17-4-2-3-16(21)13-17)23-9-11-24(12-10-23)18-7-5-15(20)6-8-18/h2-8,13-14H,9-12H2,1H3,(H,22,25)/t14-/m1/s1. The van der Waals surface area contributed by atoms with E-state index in [4.69, 9.17) is 0 Å². The molecule has 2 aromatic rings. The molecule has 0 saturated carbocycles. The Bertz CT molecular complexity index is 728. The highest BCUT2D eigenvalue weighted by molar-refractivity contribution is 5.94. The van der Waals surface area contributed by atoms with E-state index in [0.717, 1.165) is 31.9 Å². The summed E-state index contributed by atoms with van der Waals surface area (Å²) in [6.45, 7) is 4.85. The number of benzene rings is 2. The first-order valence-corrected chi connectivity index (χ1v) is 8.34. The monoisotopic (exact) mass is 345 g/mol. The zero-order chi connectivity index (χ0) is 17.8. The summed E-state index contributed by atoms with van der Waals surface area (Å²) < 4.78 is 26.2. The topological polar surface area (TPSA) is 35.6 Å². The fraction of sp³-hybridized carbons (Fsp3) is 0.316. The lowest BCUT2D eigenvalue weighted by molar-refractivity contribution is -0.120. The van der Waals surface area contributed by atoms with Crippen LogP contribution < -0.4 is 10.2 Å². The van der Waals surface area contributed by atoms with E-state index >= 15 is 0 Å². The number of rotatable bonds is 4. The van der Waals surface area contributed by atoms with E-state index in [1.807, 2.05) is 6.92 Å². The van der Waals surface area contributed by atoms with Crippen molar-refractivity contribution >= 4 is 17.3 Å². The summed E-state index contributed by atoms with van der Waals surface area (Å²) in [5, 5.41) is 2.75. The Morgan fingerprint density at radius 3 is 2.32 bits per heavy atom. The normalized spacial score (nSPS) is 16.5. The second-order valence-corrected chi connectivity index (χ2v) is 6.18. The number of carbonyl (C=O) groups excluding carboxylic acids is 1. The first kappa shape index (κ1) is 17.4. The van der Waals surface area contributed by atoms with Crippen LogP contribution in [0.3, 0.4) is 0 Å². The molecule has 0 spiro atoms. The van der Waals surface area contributed by atoms with Gasteiger partial charge in [0.15, 0.2) is 0 Å². The van der Waals surface area contributed by atoms with Gasteiger partial charge in [-0.3, -0.25) is 9.69 Å². The Morgan fingerprint density at radius 1 is 1.00 bits per heavy atom. The van der Waals surface area contributed by atoms with Crippen LogP contribution in [0.5, 0.6) is 0 Å². The smallest absolute Gasteiger partial charge is 0.241 e. The molecular formula is C19H21F2N3O. The van der Waals surface area contributed by atoms with E-state index < -0.39 is 0 Å². The fourth-order valence-electron chi connectivity index (χ4n) is 3.00. The summed E-state index contributed by atoms with van der Waals surface area (Å²) in [4.78, 5) is 16.6. The van der Waals surface area contributed by atoms with Crippen molar-refractivity contribution in [3.05, 3.63) is 60.2 Å². The second-order valence-electron chi connectivity index (χ2n) is 6.18. The lowest BCUT2D eigenvalue weighted by Crippen LogP contribution is -2.52. The Kier molecular flexibility index (Phi) is 5.28. The predicted octanol–water partition coefficient (Wildman–Crippen LogP) is 3.11. The van der Waals surface area contributed by atoms with Crippen molar-refractivity contribution in [2.24, 2.45) is 0 Å². The van der Waals surface area contributed by atoms with Crippen LogP contribution in [0, 0.1) is 11.6 Å². The van der Waals surface area contributed by atoms with Gasteiger partial charge in [0.25, 0.3) is 0 Å². The molecule has 1 amide bonds. The van der Waals surface area contributed by atoms with Crippen LogP contribution >= 0.6 is 0 Å². The molecule has 1 aliphatic heterocycles. The van der Waals surface area contributed by atoms with Crippen molar-refractivity contribution in [1.82, 2.24) is 4.90 Å². The van der Waals surface area contributed by atoms with Crippen LogP contribution in [0.25, 0.3) is 0 Å². The third-order valence-corrected chi connectivity index (χ3v) is 4.53. The molecule has 0 aromatic heterocycles. The number of anilines is 2. The van der Waals surface area contributed by atoms with Crippen LogP contribution in [0.1, 0.15) is 6.92 Å². The second kappa shape index (κ2) is 7.61. The zero-order valence-corrected chi connectivity index (χ0v) is 14.1.